The topological polar surface area (TPSA) is 97.1 Å². The molecule has 28 heavy (non-hydrogen) atoms. The number of aryl methyl sites for hydroxylation is 2. The molecule has 1 heterocycles. The van der Waals surface area contributed by atoms with Crippen molar-refractivity contribution in [3.8, 4) is 11.5 Å². The Kier molecular flexibility index (Phi) is 6.10. The number of anilines is 1. The number of nitrogens with zero attached hydrogens (tertiary/aromatic N) is 2. The molecule has 1 aromatic heterocycles. The van der Waals surface area contributed by atoms with Gasteiger partial charge < -0.3 is 15.1 Å². The minimum atomic E-state index is -0.231. The Balaban J connectivity index is 1.60. The summed E-state index contributed by atoms with van der Waals surface area (Å²) >= 11 is 1.16. The van der Waals surface area contributed by atoms with Crippen LogP contribution >= 0.6 is 11.8 Å². The molecule has 3 aromatic rings. The Morgan fingerprint density at radius 3 is 2.54 bits per heavy atom. The van der Waals surface area contributed by atoms with E-state index in [2.05, 4.69) is 26.9 Å². The molecule has 0 aliphatic carbocycles. The number of thioether (sulfide) groups is 1. The molecule has 0 atom stereocenters. The summed E-state index contributed by atoms with van der Waals surface area (Å²) < 4.78 is 5.65. The first-order chi connectivity index (χ1) is 13.4. The zero-order valence-electron chi connectivity index (χ0n) is 15.8. The number of carbonyl (C=O) groups is 2. The predicted molar refractivity (Wildman–Crippen MR) is 108 cm³/mol. The number of amides is 2. The minimum Gasteiger partial charge on any atom is -0.411 e. The summed E-state index contributed by atoms with van der Waals surface area (Å²) in [7, 11) is 1.56. The largest absolute Gasteiger partial charge is 0.411 e. The van der Waals surface area contributed by atoms with Crippen LogP contribution in [0.4, 0.5) is 5.69 Å². The molecule has 0 radical (unpaired) electrons. The van der Waals surface area contributed by atoms with Crippen molar-refractivity contribution in [2.75, 3.05) is 18.1 Å². The Morgan fingerprint density at radius 1 is 1.07 bits per heavy atom. The van der Waals surface area contributed by atoms with E-state index in [9.17, 15) is 9.59 Å². The van der Waals surface area contributed by atoms with Crippen LogP contribution in [0.25, 0.3) is 11.5 Å². The van der Waals surface area contributed by atoms with Crippen molar-refractivity contribution in [2.24, 2.45) is 0 Å². The van der Waals surface area contributed by atoms with Gasteiger partial charge in [-0.2, -0.15) is 0 Å². The molecule has 8 heteroatoms. The number of nitrogens with one attached hydrogen (secondary N) is 2. The van der Waals surface area contributed by atoms with E-state index in [-0.39, 0.29) is 17.6 Å². The fraction of sp³-hybridized carbons (Fsp3) is 0.200. The molecule has 0 spiro atoms. The molecule has 0 unspecified atom stereocenters. The molecule has 3 rings (SSSR count). The summed E-state index contributed by atoms with van der Waals surface area (Å²) in [6, 6.07) is 12.7. The van der Waals surface area contributed by atoms with Gasteiger partial charge in [0.1, 0.15) is 0 Å². The van der Waals surface area contributed by atoms with Crippen molar-refractivity contribution in [1.82, 2.24) is 15.5 Å². The molecule has 144 valence electrons. The van der Waals surface area contributed by atoms with Crippen LogP contribution in [-0.2, 0) is 4.79 Å². The van der Waals surface area contributed by atoms with E-state index in [0.717, 1.165) is 28.5 Å². The lowest BCUT2D eigenvalue weighted by Crippen LogP contribution is -2.18. The maximum absolute atomic E-state index is 12.2. The van der Waals surface area contributed by atoms with Gasteiger partial charge in [0, 0.05) is 23.9 Å². The Morgan fingerprint density at radius 2 is 1.82 bits per heavy atom. The SMILES string of the molecule is CNC(=O)c1cccc(NC(=O)CSc2nnc(-c3cc(C)cc(C)c3)o2)c1. The fourth-order valence-electron chi connectivity index (χ4n) is 2.69. The summed E-state index contributed by atoms with van der Waals surface area (Å²) in [5.41, 5.74) is 4.10. The second-order valence-electron chi connectivity index (χ2n) is 6.25. The van der Waals surface area contributed by atoms with Crippen LogP contribution in [0.15, 0.2) is 52.1 Å². The van der Waals surface area contributed by atoms with Crippen LogP contribution in [0.2, 0.25) is 0 Å². The maximum atomic E-state index is 12.2. The van der Waals surface area contributed by atoms with Gasteiger partial charge in [0.2, 0.25) is 11.8 Å². The molecule has 0 saturated carbocycles. The Bertz CT molecular complexity index is 996. The monoisotopic (exact) mass is 396 g/mol. The van der Waals surface area contributed by atoms with Crippen LogP contribution in [0.5, 0.6) is 0 Å². The number of carbonyl (C=O) groups excluding carboxylic acids is 2. The molecule has 0 aliphatic rings. The zero-order chi connectivity index (χ0) is 20.1. The van der Waals surface area contributed by atoms with E-state index in [0.29, 0.717) is 22.4 Å². The van der Waals surface area contributed by atoms with Gasteiger partial charge in [-0.1, -0.05) is 35.0 Å². The number of hydrogen-bond donors (Lipinski definition) is 2. The first-order valence-corrected chi connectivity index (χ1v) is 9.60. The van der Waals surface area contributed by atoms with Crippen LogP contribution in [0.1, 0.15) is 21.5 Å². The van der Waals surface area contributed by atoms with Gasteiger partial charge in [-0.05, 0) is 44.2 Å². The number of rotatable bonds is 6. The van der Waals surface area contributed by atoms with Crippen molar-refractivity contribution in [1.29, 1.82) is 0 Å². The maximum Gasteiger partial charge on any atom is 0.277 e. The fourth-order valence-corrected chi connectivity index (χ4v) is 3.25. The smallest absolute Gasteiger partial charge is 0.277 e. The van der Waals surface area contributed by atoms with Gasteiger partial charge in [0.15, 0.2) is 0 Å². The quantitative estimate of drug-likeness (QED) is 0.620. The first-order valence-electron chi connectivity index (χ1n) is 8.61. The lowest BCUT2D eigenvalue weighted by Gasteiger charge is -2.06. The molecule has 2 amide bonds. The zero-order valence-corrected chi connectivity index (χ0v) is 16.6. The second kappa shape index (κ2) is 8.71. The summed E-state index contributed by atoms with van der Waals surface area (Å²) in [6.45, 7) is 4.01. The highest BCUT2D eigenvalue weighted by Gasteiger charge is 2.12. The second-order valence-corrected chi connectivity index (χ2v) is 7.17. The molecule has 0 fully saturated rings. The van der Waals surface area contributed by atoms with Crippen molar-refractivity contribution in [2.45, 2.75) is 19.1 Å². The third kappa shape index (κ3) is 4.98. The number of benzene rings is 2. The van der Waals surface area contributed by atoms with Crippen molar-refractivity contribution < 1.29 is 14.0 Å². The summed E-state index contributed by atoms with van der Waals surface area (Å²) in [4.78, 5) is 23.8. The lowest BCUT2D eigenvalue weighted by molar-refractivity contribution is -0.113. The van der Waals surface area contributed by atoms with Crippen LogP contribution < -0.4 is 10.6 Å². The third-order valence-corrected chi connectivity index (χ3v) is 4.66. The van der Waals surface area contributed by atoms with Gasteiger partial charge in [-0.25, -0.2) is 0 Å². The van der Waals surface area contributed by atoms with E-state index in [4.69, 9.17) is 4.42 Å². The van der Waals surface area contributed by atoms with E-state index in [1.54, 1.807) is 31.3 Å². The van der Waals surface area contributed by atoms with E-state index < -0.39 is 0 Å². The minimum absolute atomic E-state index is 0.110. The summed E-state index contributed by atoms with van der Waals surface area (Å²) in [5, 5.41) is 13.7. The van der Waals surface area contributed by atoms with Gasteiger partial charge >= 0.3 is 0 Å². The highest BCUT2D eigenvalue weighted by atomic mass is 32.2. The third-order valence-electron chi connectivity index (χ3n) is 3.84. The predicted octanol–water partition coefficient (Wildman–Crippen LogP) is 3.44. The van der Waals surface area contributed by atoms with Gasteiger partial charge in [0.05, 0.1) is 5.75 Å². The molecule has 2 aromatic carbocycles. The van der Waals surface area contributed by atoms with Crippen molar-refractivity contribution in [3.63, 3.8) is 0 Å². The highest BCUT2D eigenvalue weighted by molar-refractivity contribution is 7.99. The van der Waals surface area contributed by atoms with Gasteiger partial charge in [-0.3, -0.25) is 9.59 Å². The molecular formula is C20H20N4O3S. The van der Waals surface area contributed by atoms with E-state index >= 15 is 0 Å². The van der Waals surface area contributed by atoms with Crippen molar-refractivity contribution in [3.05, 3.63) is 59.2 Å². The van der Waals surface area contributed by atoms with Crippen LogP contribution in [0.3, 0.4) is 0 Å². The summed E-state index contributed by atoms with van der Waals surface area (Å²) in [6.07, 6.45) is 0. The lowest BCUT2D eigenvalue weighted by atomic mass is 10.1. The van der Waals surface area contributed by atoms with E-state index in [1.807, 2.05) is 26.0 Å². The van der Waals surface area contributed by atoms with Crippen molar-refractivity contribution >= 4 is 29.3 Å². The number of aromatic nitrogens is 2. The molecule has 2 N–H and O–H groups in total. The Labute approximate surface area is 166 Å². The molecular weight excluding hydrogens is 376 g/mol. The Hall–Kier alpha value is -3.13. The molecule has 0 bridgehead atoms. The molecule has 7 nitrogen and oxygen atoms in total. The standard InChI is InChI=1S/C20H20N4O3S/c1-12-7-13(2)9-15(8-12)19-23-24-20(27-19)28-11-17(25)22-16-6-4-5-14(10-16)18(26)21-3/h4-10H,11H2,1-3H3,(H,21,26)(H,22,25). The first kappa shape index (κ1) is 19.6. The average molecular weight is 396 g/mol. The normalized spacial score (nSPS) is 10.5. The van der Waals surface area contributed by atoms with Gasteiger partial charge in [-0.15, -0.1) is 10.2 Å². The van der Waals surface area contributed by atoms with Crippen LogP contribution in [0, 0.1) is 13.8 Å². The average Bonchev–Trinajstić information content (AvgIpc) is 3.14. The van der Waals surface area contributed by atoms with E-state index in [1.165, 1.54) is 0 Å². The molecule has 0 aliphatic heterocycles. The molecule has 0 saturated heterocycles. The summed E-state index contributed by atoms with van der Waals surface area (Å²) in [5.74, 6) is 0.0898. The highest BCUT2D eigenvalue weighted by Crippen LogP contribution is 2.25. The number of hydrogen-bond acceptors (Lipinski definition) is 6. The van der Waals surface area contributed by atoms with Gasteiger partial charge in [0.25, 0.3) is 11.1 Å². The van der Waals surface area contributed by atoms with Crippen LogP contribution in [-0.4, -0.2) is 34.8 Å².